The number of nitrogens with one attached hydrogen (secondary N) is 2. The fourth-order valence-corrected chi connectivity index (χ4v) is 2.91. The maximum absolute atomic E-state index is 11.9. The van der Waals surface area contributed by atoms with Crippen LogP contribution in [0.1, 0.15) is 11.1 Å². The number of ether oxygens (including phenoxy) is 1. The fourth-order valence-electron chi connectivity index (χ4n) is 2.91. The van der Waals surface area contributed by atoms with Crippen LogP contribution >= 0.6 is 0 Å². The summed E-state index contributed by atoms with van der Waals surface area (Å²) in [6.45, 7) is 0.411. The highest BCUT2D eigenvalue weighted by Crippen LogP contribution is 2.31. The van der Waals surface area contributed by atoms with Gasteiger partial charge in [0.2, 0.25) is 0 Å². The number of urea groups is 1. The second-order valence-electron chi connectivity index (χ2n) is 5.94. The minimum Gasteiger partial charge on any atom is -0.488 e. The number of carbonyl (C=O) groups excluding carboxylic acids is 2. The number of benzene rings is 3. The van der Waals surface area contributed by atoms with Gasteiger partial charge in [-0.1, -0.05) is 60.7 Å². The maximum atomic E-state index is 11.9. The molecule has 4 rings (SSSR count). The topological polar surface area (TPSA) is 67.4 Å². The highest BCUT2D eigenvalue weighted by atomic mass is 16.5. The Morgan fingerprint density at radius 2 is 1.62 bits per heavy atom. The molecular formula is C21H16N2O3. The van der Waals surface area contributed by atoms with Gasteiger partial charge in [-0.15, -0.1) is 0 Å². The van der Waals surface area contributed by atoms with Gasteiger partial charge in [0, 0.05) is 5.56 Å². The number of imide groups is 1. The van der Waals surface area contributed by atoms with Crippen LogP contribution < -0.4 is 15.4 Å². The highest BCUT2D eigenvalue weighted by Gasteiger charge is 2.23. The SMILES string of the molecule is O=C1NC(=O)/C(=C/c2c(OCc3ccccc3)ccc3ccccc23)N1. The molecule has 0 spiro atoms. The van der Waals surface area contributed by atoms with E-state index in [2.05, 4.69) is 10.6 Å². The van der Waals surface area contributed by atoms with Gasteiger partial charge in [0.05, 0.1) is 0 Å². The first-order valence-corrected chi connectivity index (χ1v) is 8.23. The van der Waals surface area contributed by atoms with Crippen molar-refractivity contribution >= 4 is 28.8 Å². The molecule has 1 saturated heterocycles. The van der Waals surface area contributed by atoms with Gasteiger partial charge in [0.15, 0.2) is 0 Å². The third-order valence-corrected chi connectivity index (χ3v) is 4.18. The molecule has 0 atom stereocenters. The summed E-state index contributed by atoms with van der Waals surface area (Å²) in [4.78, 5) is 23.3. The van der Waals surface area contributed by atoms with Gasteiger partial charge >= 0.3 is 6.03 Å². The minimum atomic E-state index is -0.520. The van der Waals surface area contributed by atoms with Crippen molar-refractivity contribution in [2.75, 3.05) is 0 Å². The van der Waals surface area contributed by atoms with Gasteiger partial charge in [0.25, 0.3) is 5.91 Å². The van der Waals surface area contributed by atoms with Gasteiger partial charge in [-0.05, 0) is 28.5 Å². The van der Waals surface area contributed by atoms with E-state index >= 15 is 0 Å². The lowest BCUT2D eigenvalue weighted by Gasteiger charge is -2.12. The zero-order chi connectivity index (χ0) is 17.9. The number of hydrogen-bond donors (Lipinski definition) is 2. The van der Waals surface area contributed by atoms with Crippen molar-refractivity contribution in [3.05, 3.63) is 83.6 Å². The summed E-state index contributed by atoms with van der Waals surface area (Å²) in [7, 11) is 0. The third kappa shape index (κ3) is 3.15. The summed E-state index contributed by atoms with van der Waals surface area (Å²) < 4.78 is 6.01. The van der Waals surface area contributed by atoms with Crippen molar-refractivity contribution in [1.82, 2.24) is 10.6 Å². The van der Waals surface area contributed by atoms with Crippen LogP contribution in [0.25, 0.3) is 16.8 Å². The van der Waals surface area contributed by atoms with Crippen LogP contribution in [0.5, 0.6) is 5.75 Å². The van der Waals surface area contributed by atoms with E-state index in [9.17, 15) is 9.59 Å². The van der Waals surface area contributed by atoms with E-state index in [1.54, 1.807) is 6.08 Å². The largest absolute Gasteiger partial charge is 0.488 e. The lowest BCUT2D eigenvalue weighted by Crippen LogP contribution is -2.22. The molecule has 0 bridgehead atoms. The number of hydrogen-bond acceptors (Lipinski definition) is 3. The van der Waals surface area contributed by atoms with Crippen LogP contribution in [-0.4, -0.2) is 11.9 Å². The Labute approximate surface area is 150 Å². The zero-order valence-electron chi connectivity index (χ0n) is 13.9. The van der Waals surface area contributed by atoms with Crippen molar-refractivity contribution < 1.29 is 14.3 Å². The van der Waals surface area contributed by atoms with Crippen LogP contribution in [-0.2, 0) is 11.4 Å². The Morgan fingerprint density at radius 1 is 0.846 bits per heavy atom. The quantitative estimate of drug-likeness (QED) is 0.561. The minimum absolute atomic E-state index is 0.205. The maximum Gasteiger partial charge on any atom is 0.326 e. The average Bonchev–Trinajstić information content (AvgIpc) is 2.99. The molecule has 3 amide bonds. The summed E-state index contributed by atoms with van der Waals surface area (Å²) in [6.07, 6.45) is 1.66. The Balaban J connectivity index is 1.76. The molecule has 128 valence electrons. The van der Waals surface area contributed by atoms with E-state index in [0.29, 0.717) is 12.4 Å². The molecule has 1 aliphatic rings. The first-order valence-electron chi connectivity index (χ1n) is 8.23. The lowest BCUT2D eigenvalue weighted by atomic mass is 10.0. The van der Waals surface area contributed by atoms with Crippen molar-refractivity contribution in [3.63, 3.8) is 0 Å². The van der Waals surface area contributed by atoms with Crippen LogP contribution in [0.3, 0.4) is 0 Å². The third-order valence-electron chi connectivity index (χ3n) is 4.18. The number of amides is 3. The van der Waals surface area contributed by atoms with Crippen molar-refractivity contribution in [2.24, 2.45) is 0 Å². The van der Waals surface area contributed by atoms with E-state index in [-0.39, 0.29) is 5.70 Å². The molecular weight excluding hydrogens is 328 g/mol. The molecule has 3 aromatic carbocycles. The molecule has 1 aliphatic heterocycles. The second-order valence-corrected chi connectivity index (χ2v) is 5.94. The lowest BCUT2D eigenvalue weighted by molar-refractivity contribution is -0.115. The highest BCUT2D eigenvalue weighted by molar-refractivity contribution is 6.14. The zero-order valence-corrected chi connectivity index (χ0v) is 13.9. The van der Waals surface area contributed by atoms with Crippen LogP contribution in [0.4, 0.5) is 4.79 Å². The number of fused-ring (bicyclic) bond motifs is 1. The molecule has 1 heterocycles. The first kappa shape index (κ1) is 15.9. The molecule has 0 radical (unpaired) electrons. The molecule has 1 fully saturated rings. The van der Waals surface area contributed by atoms with Crippen molar-refractivity contribution in [3.8, 4) is 5.75 Å². The summed E-state index contributed by atoms with van der Waals surface area (Å²) in [5.41, 5.74) is 2.01. The van der Waals surface area contributed by atoms with E-state index in [4.69, 9.17) is 4.74 Å². The molecule has 5 nitrogen and oxygen atoms in total. The van der Waals surface area contributed by atoms with Crippen molar-refractivity contribution in [2.45, 2.75) is 6.61 Å². The summed E-state index contributed by atoms with van der Waals surface area (Å²) >= 11 is 0. The van der Waals surface area contributed by atoms with Crippen LogP contribution in [0.15, 0.2) is 72.4 Å². The average molecular weight is 344 g/mol. The smallest absolute Gasteiger partial charge is 0.326 e. The summed E-state index contributed by atoms with van der Waals surface area (Å²) in [5.74, 6) is 0.200. The molecule has 2 N–H and O–H groups in total. The number of rotatable bonds is 4. The Hall–Kier alpha value is -3.60. The summed E-state index contributed by atoms with van der Waals surface area (Å²) in [6, 6.07) is 21.0. The van der Waals surface area contributed by atoms with Crippen LogP contribution in [0.2, 0.25) is 0 Å². The molecule has 0 aliphatic carbocycles. The molecule has 3 aromatic rings. The second kappa shape index (κ2) is 6.72. The Bertz CT molecular complexity index is 1030. The van der Waals surface area contributed by atoms with E-state index in [0.717, 1.165) is 21.9 Å². The van der Waals surface area contributed by atoms with Gasteiger partial charge in [-0.25, -0.2) is 4.79 Å². The van der Waals surface area contributed by atoms with E-state index < -0.39 is 11.9 Å². The van der Waals surface area contributed by atoms with Gasteiger partial charge in [-0.2, -0.15) is 0 Å². The molecule has 5 heteroatoms. The predicted octanol–water partition coefficient (Wildman–Crippen LogP) is 3.60. The van der Waals surface area contributed by atoms with Gasteiger partial charge in [0.1, 0.15) is 18.1 Å². The first-order chi connectivity index (χ1) is 12.7. The molecule has 0 saturated carbocycles. The van der Waals surface area contributed by atoms with Crippen LogP contribution in [0, 0.1) is 0 Å². The van der Waals surface area contributed by atoms with Gasteiger partial charge < -0.3 is 10.1 Å². The Kier molecular flexibility index (Phi) is 4.11. The predicted molar refractivity (Wildman–Crippen MR) is 99.4 cm³/mol. The monoisotopic (exact) mass is 344 g/mol. The molecule has 0 aromatic heterocycles. The normalized spacial score (nSPS) is 15.2. The van der Waals surface area contributed by atoms with E-state index in [1.807, 2.05) is 66.7 Å². The number of carbonyl (C=O) groups is 2. The molecule has 26 heavy (non-hydrogen) atoms. The van der Waals surface area contributed by atoms with Gasteiger partial charge in [-0.3, -0.25) is 10.1 Å². The fraction of sp³-hybridized carbons (Fsp3) is 0.0476. The van der Waals surface area contributed by atoms with E-state index in [1.165, 1.54) is 0 Å². The molecule has 0 unspecified atom stereocenters. The summed E-state index contributed by atoms with van der Waals surface area (Å²) in [5, 5.41) is 6.71. The standard InChI is InChI=1S/C21H16N2O3/c24-20-18(22-21(25)23-20)12-17-16-9-5-4-8-15(16)10-11-19(17)26-13-14-6-2-1-3-7-14/h1-12H,13H2,(H2,22,23,24,25)/b18-12-. The van der Waals surface area contributed by atoms with Crippen molar-refractivity contribution in [1.29, 1.82) is 0 Å². The Morgan fingerprint density at radius 3 is 2.38 bits per heavy atom.